The van der Waals surface area contributed by atoms with Gasteiger partial charge in [-0.15, -0.1) is 0 Å². The van der Waals surface area contributed by atoms with E-state index in [9.17, 15) is 148 Å². The quantitative estimate of drug-likeness (QED) is 0.0725. The average molecular weight is 1240 g/mol. The van der Waals surface area contributed by atoms with Crippen molar-refractivity contribution >= 4 is 0 Å². The molecule has 0 aromatic carbocycles. The lowest BCUT2D eigenvalue weighted by Gasteiger charge is -2.42. The Morgan fingerprint density at radius 3 is 0.964 bits per heavy atom. The van der Waals surface area contributed by atoms with Crippen LogP contribution in [-0.2, 0) is 42.6 Å². The van der Waals surface area contributed by atoms with Gasteiger partial charge in [-0.05, 0) is 6.42 Å². The maximum atomic E-state index is 11.1. The van der Waals surface area contributed by atoms with Crippen LogP contribution in [0.15, 0.2) is 69.5 Å². The van der Waals surface area contributed by atoms with Crippen LogP contribution in [0, 0.1) is 0 Å². The Morgan fingerprint density at radius 1 is 0.262 bits per heavy atom. The molecular formula is C46H78O38. The molecule has 19 atom stereocenters. The largest absolute Gasteiger partial charge is 0.506 e. The third-order valence-corrected chi connectivity index (χ3v) is 12.1. The summed E-state index contributed by atoms with van der Waals surface area (Å²) in [5.41, 5.74) is 0. The highest BCUT2D eigenvalue weighted by Gasteiger charge is 2.49. The van der Waals surface area contributed by atoms with Crippen LogP contribution >= 0.6 is 0 Å². The Labute approximate surface area is 474 Å². The van der Waals surface area contributed by atoms with Gasteiger partial charge in [0.15, 0.2) is 70.9 Å². The Bertz CT molecular complexity index is 2150. The van der Waals surface area contributed by atoms with E-state index in [0.717, 1.165) is 0 Å². The average Bonchev–Trinajstić information content (AvgIpc) is 3.66. The first-order valence-corrected chi connectivity index (χ1v) is 25.2. The molecule has 3 rings (SSSR count). The number of ether oxygens (including phenoxy) is 9. The number of aliphatic hydroxyl groups is 29. The van der Waals surface area contributed by atoms with Crippen molar-refractivity contribution in [2.45, 2.75) is 162 Å². The van der Waals surface area contributed by atoms with E-state index in [0.29, 0.717) is 0 Å². The first kappa shape index (κ1) is 74.8. The van der Waals surface area contributed by atoms with Crippen LogP contribution in [0.3, 0.4) is 0 Å². The topological polar surface area (TPSA) is 670 Å². The summed E-state index contributed by atoms with van der Waals surface area (Å²) in [6, 6.07) is 0. The highest BCUT2D eigenvalue weighted by atomic mass is 16.7. The molecule has 0 aromatic heterocycles. The molecule has 3 heterocycles. The minimum atomic E-state index is -2.88. The first-order chi connectivity index (χ1) is 39.6. The van der Waals surface area contributed by atoms with Crippen LogP contribution < -0.4 is 0 Å². The SMILES string of the molecule is OCCC1OC(O)/C(O)=C(/O)C(CCO)OC(O)/C(O)=C(\O)C(CCO)O/C(O)=C(\O)C(CCO)OC(O)C(O)C(O)C(CCO)OC(O)/C(O)=C(/O)C(CCO)OC(O)/C(O)=C(\O)C(CCO)OC2OC(CO)C(O/C(O)=C/1O)C(O)C2O. The number of aliphatic hydroxyl groups excluding tert-OH is 29. The maximum Gasteiger partial charge on any atom is 0.319 e. The van der Waals surface area contributed by atoms with E-state index >= 15 is 0 Å². The van der Waals surface area contributed by atoms with Gasteiger partial charge in [0.2, 0.25) is 36.7 Å². The van der Waals surface area contributed by atoms with Crippen molar-refractivity contribution in [1.29, 1.82) is 0 Å². The van der Waals surface area contributed by atoms with Crippen molar-refractivity contribution in [2.75, 3.05) is 52.9 Å². The lowest BCUT2D eigenvalue weighted by molar-refractivity contribution is -0.316. The van der Waals surface area contributed by atoms with Crippen molar-refractivity contribution in [3.05, 3.63) is 69.5 Å². The summed E-state index contributed by atoms with van der Waals surface area (Å²) >= 11 is 0. The second-order valence-corrected chi connectivity index (χ2v) is 18.0. The van der Waals surface area contributed by atoms with Crippen LogP contribution in [0.25, 0.3) is 0 Å². The second-order valence-electron chi connectivity index (χ2n) is 18.0. The first-order valence-electron chi connectivity index (χ1n) is 25.2. The number of rotatable bonds is 15. The molecule has 38 nitrogen and oxygen atoms in total. The molecule has 1 saturated heterocycles. The molecule has 84 heavy (non-hydrogen) atoms. The summed E-state index contributed by atoms with van der Waals surface area (Å²) < 4.78 is 46.4. The van der Waals surface area contributed by atoms with Crippen molar-refractivity contribution in [2.24, 2.45) is 0 Å². The van der Waals surface area contributed by atoms with Gasteiger partial charge in [-0.3, -0.25) is 0 Å². The van der Waals surface area contributed by atoms with Crippen LogP contribution in [0.1, 0.15) is 44.9 Å². The fraction of sp³-hybridized carbons (Fsp3) is 0.739. The van der Waals surface area contributed by atoms with Crippen molar-refractivity contribution in [3.8, 4) is 0 Å². The predicted molar refractivity (Wildman–Crippen MR) is 264 cm³/mol. The molecular weight excluding hydrogens is 1160 g/mol. The summed E-state index contributed by atoms with van der Waals surface area (Å²) in [5, 5.41) is 306. The summed E-state index contributed by atoms with van der Waals surface area (Å²) in [6.07, 6.45) is -51.7. The van der Waals surface area contributed by atoms with Crippen LogP contribution in [0.2, 0.25) is 0 Å². The van der Waals surface area contributed by atoms with Crippen molar-refractivity contribution in [3.63, 3.8) is 0 Å². The van der Waals surface area contributed by atoms with Crippen LogP contribution in [-0.4, -0.2) is 318 Å². The van der Waals surface area contributed by atoms with E-state index in [4.69, 9.17) is 42.6 Å². The van der Waals surface area contributed by atoms with Gasteiger partial charge in [-0.2, -0.15) is 0 Å². The zero-order valence-electron chi connectivity index (χ0n) is 44.2. The van der Waals surface area contributed by atoms with Gasteiger partial charge in [-0.25, -0.2) is 0 Å². The third-order valence-electron chi connectivity index (χ3n) is 12.1. The normalized spacial score (nSPS) is 40.1. The molecule has 0 spiro atoms. The molecule has 0 amide bonds. The standard InChI is InChI=1S/C46H78O38/c47-8-1-16-24(55)32(63)41(71)77-19(4-11-50)27(58)35(66)45(75)81-22(7-14-53)30(61)40(70)84-38-23(15-54)83-46(37(68)31(38)62)82-20(5-12-51)28(59)36(67)43(73)79-17(2-9-48)25(56)33(64)42(72)78-18(3-10-49)26(57)34(65)44(74)80-21(6-13-52)29(60)39(69)76-16/h16-23,26,31,34,37-38,41-75H,1-15H2/b32-24+,33-25-,35-27-,36-28+,39-29-,40-30-. The van der Waals surface area contributed by atoms with Gasteiger partial charge < -0.3 is 191 Å². The van der Waals surface area contributed by atoms with Gasteiger partial charge in [-0.1, -0.05) is 0 Å². The smallest absolute Gasteiger partial charge is 0.319 e. The summed E-state index contributed by atoms with van der Waals surface area (Å²) in [7, 11) is 0. The van der Waals surface area contributed by atoms with E-state index in [1.54, 1.807) is 0 Å². The highest BCUT2D eigenvalue weighted by molar-refractivity contribution is 5.14. The Hall–Kier alpha value is -5.32. The molecule has 0 aromatic rings. The Morgan fingerprint density at radius 2 is 0.583 bits per heavy atom. The van der Waals surface area contributed by atoms with Gasteiger partial charge >= 0.3 is 11.9 Å². The summed E-state index contributed by atoms with van der Waals surface area (Å²) in [4.78, 5) is 0. The molecule has 0 aliphatic carbocycles. The van der Waals surface area contributed by atoms with E-state index < -0.39 is 284 Å². The molecule has 3 aliphatic rings. The molecule has 0 radical (unpaired) electrons. The molecule has 3 aliphatic heterocycles. The fourth-order valence-corrected chi connectivity index (χ4v) is 7.57. The maximum absolute atomic E-state index is 11.1. The molecule has 1 fully saturated rings. The third kappa shape index (κ3) is 20.7. The fourth-order valence-electron chi connectivity index (χ4n) is 7.57. The lowest BCUT2D eigenvalue weighted by atomic mass is 9.98. The van der Waals surface area contributed by atoms with E-state index in [2.05, 4.69) is 0 Å². The van der Waals surface area contributed by atoms with Gasteiger partial charge in [0.05, 0.1) is 12.7 Å². The summed E-state index contributed by atoms with van der Waals surface area (Å²) in [6.45, 7) is -8.09. The second kappa shape index (κ2) is 36.6. The minimum absolute atomic E-state index is 0.780. The molecule has 19 unspecified atom stereocenters. The molecule has 29 N–H and O–H groups in total. The molecule has 0 saturated carbocycles. The van der Waals surface area contributed by atoms with Crippen molar-refractivity contribution in [1.82, 2.24) is 0 Å². The van der Waals surface area contributed by atoms with E-state index in [1.807, 2.05) is 0 Å². The number of hydrogen-bond acceptors (Lipinski definition) is 38. The zero-order valence-corrected chi connectivity index (χ0v) is 44.2. The summed E-state index contributed by atoms with van der Waals surface area (Å²) in [5.74, 6) is -19.2. The molecule has 38 heteroatoms. The van der Waals surface area contributed by atoms with Crippen LogP contribution in [0.4, 0.5) is 0 Å². The number of hydrogen-bond donors (Lipinski definition) is 29. The minimum Gasteiger partial charge on any atom is -0.506 e. The van der Waals surface area contributed by atoms with Gasteiger partial charge in [0.1, 0.15) is 61.0 Å². The number of fused-ring (bicyclic) bond motifs is 29. The van der Waals surface area contributed by atoms with Gasteiger partial charge in [0.25, 0.3) is 0 Å². The Kier molecular flexibility index (Phi) is 32.6. The predicted octanol–water partition coefficient (Wildman–Crippen LogP) is -6.61. The van der Waals surface area contributed by atoms with E-state index in [1.165, 1.54) is 0 Å². The van der Waals surface area contributed by atoms with Crippen LogP contribution in [0.5, 0.6) is 0 Å². The monoisotopic (exact) mass is 1240 g/mol. The lowest BCUT2D eigenvalue weighted by Crippen LogP contribution is -2.60. The van der Waals surface area contributed by atoms with Gasteiger partial charge in [0, 0.05) is 84.8 Å². The molecule has 490 valence electrons. The van der Waals surface area contributed by atoms with Crippen molar-refractivity contribution < 1.29 is 191 Å². The zero-order chi connectivity index (χ0) is 63.9. The Balaban J connectivity index is 2.87. The molecule has 2 bridgehead atoms. The highest BCUT2D eigenvalue weighted by Crippen LogP contribution is 2.32. The van der Waals surface area contributed by atoms with E-state index in [-0.39, 0.29) is 0 Å².